The van der Waals surface area contributed by atoms with Gasteiger partial charge in [0.1, 0.15) is 17.3 Å². The van der Waals surface area contributed by atoms with Gasteiger partial charge in [0.15, 0.2) is 11.6 Å². The number of ether oxygens (including phenoxy) is 1. The number of carbonyl (C=O) groups is 1. The van der Waals surface area contributed by atoms with Gasteiger partial charge >= 0.3 is 0 Å². The minimum absolute atomic E-state index is 0.269. The molecule has 4 rings (SSSR count). The number of aromatic amines is 1. The second-order valence-corrected chi connectivity index (χ2v) is 6.48. The number of nitrogens with one attached hydrogen (secondary N) is 2. The molecule has 0 radical (unpaired) electrons. The second-order valence-electron chi connectivity index (χ2n) is 5.76. The Morgan fingerprint density at radius 2 is 2.04 bits per heavy atom. The number of halogens is 1. The quantitative estimate of drug-likeness (QED) is 0.533. The average Bonchev–Trinajstić information content (AvgIpc) is 3.41. The molecule has 0 atom stereocenters. The summed E-state index contributed by atoms with van der Waals surface area (Å²) in [6.07, 6.45) is 0. The number of carbonyl (C=O) groups excluding carboxylic acids is 1. The molecule has 0 saturated carbocycles. The van der Waals surface area contributed by atoms with E-state index in [1.165, 1.54) is 30.6 Å². The molecule has 0 aliphatic rings. The first-order chi connectivity index (χ1) is 13.6. The Balaban J connectivity index is 1.53. The van der Waals surface area contributed by atoms with Crippen LogP contribution in [-0.4, -0.2) is 33.2 Å². The molecule has 9 heteroatoms. The summed E-state index contributed by atoms with van der Waals surface area (Å²) in [5.74, 6) is 0.530. The van der Waals surface area contributed by atoms with Crippen LogP contribution in [0.25, 0.3) is 22.8 Å². The summed E-state index contributed by atoms with van der Waals surface area (Å²) >= 11 is 1.36. The first kappa shape index (κ1) is 17.8. The van der Waals surface area contributed by atoms with Crippen LogP contribution >= 0.6 is 11.3 Å². The Bertz CT molecular complexity index is 1110. The van der Waals surface area contributed by atoms with Crippen LogP contribution in [0.15, 0.2) is 53.4 Å². The summed E-state index contributed by atoms with van der Waals surface area (Å²) in [7, 11) is 1.51. The number of aromatic nitrogens is 4. The molecule has 1 amide bonds. The molecular formula is C19H14FN5O2S. The number of amides is 1. The Morgan fingerprint density at radius 1 is 1.21 bits per heavy atom. The summed E-state index contributed by atoms with van der Waals surface area (Å²) < 4.78 is 19.2. The van der Waals surface area contributed by atoms with Crippen molar-refractivity contribution in [3.8, 4) is 28.5 Å². The molecule has 0 unspecified atom stereocenters. The van der Waals surface area contributed by atoms with Crippen LogP contribution in [0.1, 0.15) is 10.5 Å². The molecule has 2 aromatic heterocycles. The highest BCUT2D eigenvalue weighted by Gasteiger charge is 2.13. The lowest BCUT2D eigenvalue weighted by atomic mass is 10.2. The van der Waals surface area contributed by atoms with Gasteiger partial charge in [0, 0.05) is 16.6 Å². The molecule has 0 aliphatic heterocycles. The molecule has 0 spiro atoms. The van der Waals surface area contributed by atoms with Crippen LogP contribution < -0.4 is 10.1 Å². The smallest absolute Gasteiger partial charge is 0.275 e. The van der Waals surface area contributed by atoms with Gasteiger partial charge in [-0.1, -0.05) is 0 Å². The van der Waals surface area contributed by atoms with Crippen molar-refractivity contribution in [2.75, 3.05) is 12.4 Å². The number of hydrogen-bond acceptors (Lipinski definition) is 6. The lowest BCUT2D eigenvalue weighted by molar-refractivity contribution is 0.102. The number of nitrogens with zero attached hydrogens (tertiary/aromatic N) is 3. The number of hydrogen-bond donors (Lipinski definition) is 2. The molecule has 4 aromatic rings. The first-order valence-corrected chi connectivity index (χ1v) is 9.14. The third kappa shape index (κ3) is 3.60. The van der Waals surface area contributed by atoms with Gasteiger partial charge in [-0.3, -0.25) is 9.89 Å². The number of benzene rings is 2. The maximum absolute atomic E-state index is 14.1. The molecule has 28 heavy (non-hydrogen) atoms. The van der Waals surface area contributed by atoms with E-state index in [9.17, 15) is 9.18 Å². The van der Waals surface area contributed by atoms with E-state index in [2.05, 4.69) is 25.5 Å². The highest BCUT2D eigenvalue weighted by atomic mass is 32.1. The van der Waals surface area contributed by atoms with E-state index >= 15 is 0 Å². The third-order valence-electron chi connectivity index (χ3n) is 3.98. The van der Waals surface area contributed by atoms with Gasteiger partial charge < -0.3 is 10.1 Å². The first-order valence-electron chi connectivity index (χ1n) is 8.20. The van der Waals surface area contributed by atoms with Gasteiger partial charge in [0.05, 0.1) is 18.2 Å². The van der Waals surface area contributed by atoms with Crippen molar-refractivity contribution in [1.29, 1.82) is 0 Å². The Kier molecular flexibility index (Phi) is 4.81. The fourth-order valence-corrected chi connectivity index (χ4v) is 3.08. The fraction of sp³-hybridized carbons (Fsp3) is 0.0526. The topological polar surface area (TPSA) is 92.8 Å². The minimum Gasteiger partial charge on any atom is -0.497 e. The van der Waals surface area contributed by atoms with Crippen molar-refractivity contribution in [2.24, 2.45) is 0 Å². The maximum Gasteiger partial charge on any atom is 0.275 e. The predicted octanol–water partition coefficient (Wildman–Crippen LogP) is 4.00. The van der Waals surface area contributed by atoms with Crippen molar-refractivity contribution in [3.63, 3.8) is 0 Å². The number of methoxy groups -OCH3 is 1. The SMILES string of the molecule is COc1ccc(F)c(-c2nc(-c3ccc(NC(=O)c4cscn4)cc3)n[nH]2)c1. The Morgan fingerprint density at radius 3 is 2.75 bits per heavy atom. The highest BCUT2D eigenvalue weighted by Crippen LogP contribution is 2.26. The molecule has 7 nitrogen and oxygen atoms in total. The summed E-state index contributed by atoms with van der Waals surface area (Å²) in [6, 6.07) is 11.4. The van der Waals surface area contributed by atoms with Crippen LogP contribution in [-0.2, 0) is 0 Å². The molecule has 0 fully saturated rings. The van der Waals surface area contributed by atoms with Crippen molar-refractivity contribution in [2.45, 2.75) is 0 Å². The summed E-state index contributed by atoms with van der Waals surface area (Å²) in [4.78, 5) is 20.4. The lowest BCUT2D eigenvalue weighted by Gasteiger charge is -2.04. The molecule has 2 aromatic carbocycles. The van der Waals surface area contributed by atoms with E-state index in [4.69, 9.17) is 4.74 Å². The standard InChI is InChI=1S/C19H14FN5O2S/c1-27-13-6-7-15(20)14(8-13)18-23-17(24-25-18)11-2-4-12(5-3-11)22-19(26)16-9-28-10-21-16/h2-10H,1H3,(H,22,26)(H,23,24,25). The van der Waals surface area contributed by atoms with Crippen LogP contribution in [0.5, 0.6) is 5.75 Å². The molecule has 2 heterocycles. The molecule has 0 bridgehead atoms. The molecule has 0 saturated heterocycles. The van der Waals surface area contributed by atoms with Crippen LogP contribution in [0.2, 0.25) is 0 Å². The number of thiazole rings is 1. The van der Waals surface area contributed by atoms with Crippen LogP contribution in [0.3, 0.4) is 0 Å². The number of H-pyrrole nitrogens is 1. The zero-order valence-electron chi connectivity index (χ0n) is 14.6. The minimum atomic E-state index is -0.427. The van der Waals surface area contributed by atoms with E-state index in [0.717, 1.165) is 5.56 Å². The van der Waals surface area contributed by atoms with E-state index in [1.807, 2.05) is 0 Å². The molecular weight excluding hydrogens is 381 g/mol. The molecule has 0 aliphatic carbocycles. The third-order valence-corrected chi connectivity index (χ3v) is 4.57. The lowest BCUT2D eigenvalue weighted by Crippen LogP contribution is -2.11. The number of anilines is 1. The van der Waals surface area contributed by atoms with Crippen molar-refractivity contribution in [1.82, 2.24) is 20.2 Å². The van der Waals surface area contributed by atoms with E-state index in [0.29, 0.717) is 28.8 Å². The zero-order chi connectivity index (χ0) is 19.5. The van der Waals surface area contributed by atoms with Gasteiger partial charge in [-0.05, 0) is 42.5 Å². The van der Waals surface area contributed by atoms with E-state index in [-0.39, 0.29) is 11.5 Å². The Labute approximate surface area is 163 Å². The van der Waals surface area contributed by atoms with Crippen LogP contribution in [0.4, 0.5) is 10.1 Å². The van der Waals surface area contributed by atoms with Crippen LogP contribution in [0, 0.1) is 5.82 Å². The van der Waals surface area contributed by atoms with Crippen molar-refractivity contribution < 1.29 is 13.9 Å². The van der Waals surface area contributed by atoms with Gasteiger partial charge in [-0.2, -0.15) is 5.10 Å². The maximum atomic E-state index is 14.1. The Hall–Kier alpha value is -3.59. The monoisotopic (exact) mass is 395 g/mol. The van der Waals surface area contributed by atoms with Gasteiger partial charge in [-0.25, -0.2) is 14.4 Å². The van der Waals surface area contributed by atoms with Crippen molar-refractivity contribution >= 4 is 22.9 Å². The molecule has 2 N–H and O–H groups in total. The largest absolute Gasteiger partial charge is 0.497 e. The van der Waals surface area contributed by atoms with Gasteiger partial charge in [0.2, 0.25) is 0 Å². The second kappa shape index (κ2) is 7.57. The average molecular weight is 395 g/mol. The van der Waals surface area contributed by atoms with Gasteiger partial charge in [0.25, 0.3) is 5.91 Å². The molecule has 140 valence electrons. The summed E-state index contributed by atoms with van der Waals surface area (Å²) in [5.41, 5.74) is 3.58. The normalized spacial score (nSPS) is 10.6. The zero-order valence-corrected chi connectivity index (χ0v) is 15.5. The highest BCUT2D eigenvalue weighted by molar-refractivity contribution is 7.07. The predicted molar refractivity (Wildman–Crippen MR) is 104 cm³/mol. The van der Waals surface area contributed by atoms with E-state index in [1.54, 1.807) is 41.2 Å². The van der Waals surface area contributed by atoms with E-state index < -0.39 is 5.82 Å². The summed E-state index contributed by atoms with van der Waals surface area (Å²) in [5, 5.41) is 11.3. The van der Waals surface area contributed by atoms with Gasteiger partial charge in [-0.15, -0.1) is 11.3 Å². The number of rotatable bonds is 5. The summed E-state index contributed by atoms with van der Waals surface area (Å²) in [6.45, 7) is 0. The van der Waals surface area contributed by atoms with Crippen molar-refractivity contribution in [3.05, 3.63) is 64.9 Å². The fourth-order valence-electron chi connectivity index (χ4n) is 2.55.